The average molecular weight is 224 g/mol. The van der Waals surface area contributed by atoms with Gasteiger partial charge in [-0.25, -0.2) is 0 Å². The second-order valence-electron chi connectivity index (χ2n) is 3.89. The average Bonchev–Trinajstić information content (AvgIpc) is 2.35. The third-order valence-electron chi connectivity index (χ3n) is 2.80. The first-order valence-electron chi connectivity index (χ1n) is 5.51. The van der Waals surface area contributed by atoms with Crippen LogP contribution in [0, 0.1) is 0 Å². The Bertz CT molecular complexity index is 295. The minimum atomic E-state index is -0.410. The molecule has 0 aliphatic carbocycles. The van der Waals surface area contributed by atoms with E-state index in [9.17, 15) is 5.11 Å². The van der Waals surface area contributed by atoms with Crippen LogP contribution in [0.25, 0.3) is 0 Å². The topological polar surface area (TPSA) is 38.7 Å². The molecule has 3 heteroatoms. The van der Waals surface area contributed by atoms with Crippen LogP contribution < -0.4 is 4.74 Å². The van der Waals surface area contributed by atoms with Crippen molar-refractivity contribution in [1.82, 2.24) is 0 Å². The third kappa shape index (κ3) is 3.83. The second-order valence-corrected chi connectivity index (χ2v) is 3.89. The Morgan fingerprint density at radius 3 is 2.31 bits per heavy atom. The summed E-state index contributed by atoms with van der Waals surface area (Å²) < 4.78 is 10.1. The van der Waals surface area contributed by atoms with E-state index in [1.54, 1.807) is 14.2 Å². The van der Waals surface area contributed by atoms with Crippen LogP contribution in [0.4, 0.5) is 0 Å². The summed E-state index contributed by atoms with van der Waals surface area (Å²) in [6.45, 7) is 1.87. The molecule has 0 heterocycles. The number of benzene rings is 1. The number of aliphatic hydroxyl groups excluding tert-OH is 1. The van der Waals surface area contributed by atoms with Gasteiger partial charge in [-0.15, -0.1) is 0 Å². The summed E-state index contributed by atoms with van der Waals surface area (Å²) >= 11 is 0. The van der Waals surface area contributed by atoms with E-state index in [0.29, 0.717) is 6.42 Å². The molecule has 0 aliphatic heterocycles. The Kier molecular flexibility index (Phi) is 5.29. The summed E-state index contributed by atoms with van der Waals surface area (Å²) in [5.74, 6) is 0.856. The Morgan fingerprint density at radius 1 is 1.19 bits per heavy atom. The van der Waals surface area contributed by atoms with Crippen LogP contribution in [-0.2, 0) is 11.2 Å². The highest BCUT2D eigenvalue weighted by molar-refractivity contribution is 5.27. The zero-order valence-electron chi connectivity index (χ0n) is 10.1. The van der Waals surface area contributed by atoms with Crippen molar-refractivity contribution in [2.75, 3.05) is 14.2 Å². The molecule has 0 saturated carbocycles. The van der Waals surface area contributed by atoms with Gasteiger partial charge in [-0.2, -0.15) is 0 Å². The Labute approximate surface area is 97.0 Å². The van der Waals surface area contributed by atoms with Crippen LogP contribution >= 0.6 is 0 Å². The number of hydrogen-bond donors (Lipinski definition) is 1. The van der Waals surface area contributed by atoms with Crippen LogP contribution in [0.3, 0.4) is 0 Å². The molecule has 2 unspecified atom stereocenters. The van der Waals surface area contributed by atoms with Crippen LogP contribution in [0.5, 0.6) is 5.75 Å². The standard InChI is InChI=1S/C13H20O3/c1-10(15-2)13(14)9-6-11-4-7-12(16-3)8-5-11/h4-5,7-8,10,13-14H,6,9H2,1-3H3. The first kappa shape index (κ1) is 13.0. The highest BCUT2D eigenvalue weighted by Crippen LogP contribution is 2.14. The van der Waals surface area contributed by atoms with Gasteiger partial charge in [0.1, 0.15) is 5.75 Å². The molecule has 90 valence electrons. The third-order valence-corrected chi connectivity index (χ3v) is 2.80. The Morgan fingerprint density at radius 2 is 1.81 bits per heavy atom. The maximum atomic E-state index is 9.73. The molecule has 3 nitrogen and oxygen atoms in total. The van der Waals surface area contributed by atoms with Crippen molar-refractivity contribution in [3.63, 3.8) is 0 Å². The predicted octanol–water partition coefficient (Wildman–Crippen LogP) is 2.02. The monoisotopic (exact) mass is 224 g/mol. The van der Waals surface area contributed by atoms with E-state index < -0.39 is 6.10 Å². The molecule has 0 aliphatic rings. The van der Waals surface area contributed by atoms with Gasteiger partial charge in [-0.1, -0.05) is 12.1 Å². The van der Waals surface area contributed by atoms with Gasteiger partial charge in [0, 0.05) is 7.11 Å². The molecule has 0 radical (unpaired) electrons. The van der Waals surface area contributed by atoms with E-state index >= 15 is 0 Å². The summed E-state index contributed by atoms with van der Waals surface area (Å²) in [5.41, 5.74) is 1.20. The summed E-state index contributed by atoms with van der Waals surface area (Å²) in [6.07, 6.45) is 1.03. The molecule has 16 heavy (non-hydrogen) atoms. The van der Waals surface area contributed by atoms with Crippen molar-refractivity contribution in [1.29, 1.82) is 0 Å². The summed E-state index contributed by atoms with van der Waals surface area (Å²) in [7, 11) is 3.26. The zero-order valence-corrected chi connectivity index (χ0v) is 10.1. The zero-order chi connectivity index (χ0) is 12.0. The fraction of sp³-hybridized carbons (Fsp3) is 0.538. The maximum Gasteiger partial charge on any atom is 0.118 e. The van der Waals surface area contributed by atoms with Gasteiger partial charge in [0.2, 0.25) is 0 Å². The van der Waals surface area contributed by atoms with Gasteiger partial charge in [0.05, 0.1) is 19.3 Å². The molecule has 0 bridgehead atoms. The van der Waals surface area contributed by atoms with Crippen LogP contribution in [0.2, 0.25) is 0 Å². The number of ether oxygens (including phenoxy) is 2. The molecule has 0 spiro atoms. The van der Waals surface area contributed by atoms with Crippen LogP contribution in [-0.4, -0.2) is 31.5 Å². The maximum absolute atomic E-state index is 9.73. The van der Waals surface area contributed by atoms with Crippen molar-refractivity contribution in [2.45, 2.75) is 32.0 Å². The Hall–Kier alpha value is -1.06. The SMILES string of the molecule is COc1ccc(CCC(O)C(C)OC)cc1. The van der Waals surface area contributed by atoms with Gasteiger partial charge in [-0.3, -0.25) is 0 Å². The second kappa shape index (κ2) is 6.51. The van der Waals surface area contributed by atoms with E-state index in [1.165, 1.54) is 5.56 Å². The summed E-state index contributed by atoms with van der Waals surface area (Å²) in [4.78, 5) is 0. The van der Waals surface area contributed by atoms with Crippen molar-refractivity contribution >= 4 is 0 Å². The fourth-order valence-electron chi connectivity index (χ4n) is 1.50. The van der Waals surface area contributed by atoms with Crippen molar-refractivity contribution in [3.8, 4) is 5.75 Å². The first-order chi connectivity index (χ1) is 7.67. The normalized spacial score (nSPS) is 14.5. The van der Waals surface area contributed by atoms with E-state index in [4.69, 9.17) is 9.47 Å². The molecule has 0 saturated heterocycles. The van der Waals surface area contributed by atoms with Gasteiger partial charge >= 0.3 is 0 Å². The fourth-order valence-corrected chi connectivity index (χ4v) is 1.50. The number of aliphatic hydroxyl groups is 1. The van der Waals surface area contributed by atoms with Gasteiger partial charge in [-0.05, 0) is 37.5 Å². The molecule has 0 fully saturated rings. The molecule has 1 rings (SSSR count). The Balaban J connectivity index is 2.42. The molecule has 0 amide bonds. The lowest BCUT2D eigenvalue weighted by atomic mass is 10.0. The quantitative estimate of drug-likeness (QED) is 0.803. The number of hydrogen-bond acceptors (Lipinski definition) is 3. The van der Waals surface area contributed by atoms with E-state index in [2.05, 4.69) is 0 Å². The minimum Gasteiger partial charge on any atom is -0.497 e. The van der Waals surface area contributed by atoms with E-state index in [0.717, 1.165) is 12.2 Å². The molecule has 0 aromatic heterocycles. The first-order valence-corrected chi connectivity index (χ1v) is 5.51. The van der Waals surface area contributed by atoms with E-state index in [1.807, 2.05) is 31.2 Å². The molecular formula is C13H20O3. The van der Waals surface area contributed by atoms with Gasteiger partial charge < -0.3 is 14.6 Å². The lowest BCUT2D eigenvalue weighted by molar-refractivity contribution is -0.00393. The van der Waals surface area contributed by atoms with Crippen LogP contribution in [0.15, 0.2) is 24.3 Å². The van der Waals surface area contributed by atoms with Crippen LogP contribution in [0.1, 0.15) is 18.9 Å². The van der Waals surface area contributed by atoms with Crippen molar-refractivity contribution < 1.29 is 14.6 Å². The number of methoxy groups -OCH3 is 2. The van der Waals surface area contributed by atoms with Crippen molar-refractivity contribution in [3.05, 3.63) is 29.8 Å². The highest BCUT2D eigenvalue weighted by atomic mass is 16.5. The van der Waals surface area contributed by atoms with E-state index in [-0.39, 0.29) is 6.10 Å². The molecular weight excluding hydrogens is 204 g/mol. The van der Waals surface area contributed by atoms with Gasteiger partial charge in [0.25, 0.3) is 0 Å². The molecule has 1 aromatic rings. The predicted molar refractivity (Wildman–Crippen MR) is 63.8 cm³/mol. The van der Waals surface area contributed by atoms with Crippen molar-refractivity contribution in [2.24, 2.45) is 0 Å². The lowest BCUT2D eigenvalue weighted by Crippen LogP contribution is -2.25. The molecule has 2 atom stereocenters. The number of aryl methyl sites for hydroxylation is 1. The van der Waals surface area contributed by atoms with Gasteiger partial charge in [0.15, 0.2) is 0 Å². The largest absolute Gasteiger partial charge is 0.497 e. The molecule has 1 aromatic carbocycles. The molecule has 1 N–H and O–H groups in total. The summed E-state index contributed by atoms with van der Waals surface area (Å²) in [5, 5.41) is 9.73. The summed E-state index contributed by atoms with van der Waals surface area (Å²) in [6, 6.07) is 7.90. The lowest BCUT2D eigenvalue weighted by Gasteiger charge is -2.17. The smallest absolute Gasteiger partial charge is 0.118 e. The number of rotatable bonds is 6. The highest BCUT2D eigenvalue weighted by Gasteiger charge is 2.12. The minimum absolute atomic E-state index is 0.113.